The van der Waals surface area contributed by atoms with Crippen molar-refractivity contribution in [2.75, 3.05) is 27.9 Å². The van der Waals surface area contributed by atoms with Gasteiger partial charge in [-0.05, 0) is 19.4 Å². The number of carbonyl (C=O) groups excluding carboxylic acids is 1. The van der Waals surface area contributed by atoms with Gasteiger partial charge in [-0.2, -0.15) is 0 Å². The second-order valence-corrected chi connectivity index (χ2v) is 4.32. The van der Waals surface area contributed by atoms with E-state index < -0.39 is 6.04 Å². The summed E-state index contributed by atoms with van der Waals surface area (Å²) in [6, 6.07) is 3.18. The van der Waals surface area contributed by atoms with E-state index >= 15 is 0 Å². The lowest BCUT2D eigenvalue weighted by molar-refractivity contribution is -0.121. The summed E-state index contributed by atoms with van der Waals surface area (Å²) < 4.78 is 15.9. The molecule has 1 amide bonds. The van der Waals surface area contributed by atoms with Crippen LogP contribution in [0.5, 0.6) is 17.2 Å². The molecule has 0 unspecified atom stereocenters. The second-order valence-electron chi connectivity index (χ2n) is 4.32. The zero-order valence-electron chi connectivity index (χ0n) is 12.4. The maximum atomic E-state index is 11.4. The second kappa shape index (κ2) is 7.59. The molecule has 1 rings (SSSR count). The molecule has 112 valence electrons. The predicted octanol–water partition coefficient (Wildman–Crippen LogP) is 0.718. The van der Waals surface area contributed by atoms with E-state index in [1.807, 2.05) is 12.1 Å². The topological polar surface area (TPSA) is 82.8 Å². The number of hydrogen-bond donors (Lipinski definition) is 2. The number of benzene rings is 1. The molecule has 0 aromatic heterocycles. The van der Waals surface area contributed by atoms with Gasteiger partial charge in [0.25, 0.3) is 0 Å². The van der Waals surface area contributed by atoms with Crippen molar-refractivity contribution >= 4 is 5.91 Å². The molecule has 0 spiro atoms. The first kappa shape index (κ1) is 16.1. The fraction of sp³-hybridized carbons (Fsp3) is 0.500. The normalized spacial score (nSPS) is 11.7. The number of carbonyl (C=O) groups is 1. The molecule has 3 N–H and O–H groups in total. The summed E-state index contributed by atoms with van der Waals surface area (Å²) in [5.74, 6) is 1.59. The Bertz CT molecular complexity index is 461. The average Bonchev–Trinajstić information content (AvgIpc) is 2.45. The summed E-state index contributed by atoms with van der Waals surface area (Å²) >= 11 is 0. The van der Waals surface area contributed by atoms with Crippen LogP contribution in [-0.4, -0.2) is 39.8 Å². The Labute approximate surface area is 119 Å². The number of rotatable bonds is 7. The zero-order valence-corrected chi connectivity index (χ0v) is 12.4. The molecule has 0 saturated heterocycles. The molecule has 0 aliphatic carbocycles. The zero-order chi connectivity index (χ0) is 15.1. The van der Waals surface area contributed by atoms with Crippen LogP contribution >= 0.6 is 0 Å². The molecule has 0 bridgehead atoms. The van der Waals surface area contributed by atoms with Gasteiger partial charge in [-0.15, -0.1) is 0 Å². The Hall–Kier alpha value is -1.95. The van der Waals surface area contributed by atoms with Crippen molar-refractivity contribution in [2.24, 2.45) is 5.73 Å². The highest BCUT2D eigenvalue weighted by atomic mass is 16.5. The van der Waals surface area contributed by atoms with E-state index in [9.17, 15) is 4.79 Å². The minimum Gasteiger partial charge on any atom is -0.493 e. The van der Waals surface area contributed by atoms with Crippen molar-refractivity contribution in [1.29, 1.82) is 0 Å². The highest BCUT2D eigenvalue weighted by Gasteiger charge is 2.15. The summed E-state index contributed by atoms with van der Waals surface area (Å²) in [5.41, 5.74) is 6.41. The monoisotopic (exact) mass is 282 g/mol. The third-order valence-corrected chi connectivity index (χ3v) is 2.89. The van der Waals surface area contributed by atoms with Crippen LogP contribution in [0.4, 0.5) is 0 Å². The molecule has 0 saturated carbocycles. The summed E-state index contributed by atoms with van der Waals surface area (Å²) in [4.78, 5) is 11.4. The smallest absolute Gasteiger partial charge is 0.236 e. The number of ether oxygens (including phenoxy) is 3. The Morgan fingerprint density at radius 3 is 2.35 bits per heavy atom. The third-order valence-electron chi connectivity index (χ3n) is 2.89. The van der Waals surface area contributed by atoms with E-state index in [2.05, 4.69) is 5.32 Å². The van der Waals surface area contributed by atoms with Gasteiger partial charge >= 0.3 is 0 Å². The Morgan fingerprint density at radius 1 is 1.20 bits per heavy atom. The van der Waals surface area contributed by atoms with E-state index in [0.717, 1.165) is 5.56 Å². The van der Waals surface area contributed by atoms with E-state index in [4.69, 9.17) is 19.9 Å². The lowest BCUT2D eigenvalue weighted by Crippen LogP contribution is -2.39. The molecule has 1 atom stereocenters. The van der Waals surface area contributed by atoms with Crippen LogP contribution in [-0.2, 0) is 11.2 Å². The van der Waals surface area contributed by atoms with Gasteiger partial charge in [-0.25, -0.2) is 0 Å². The van der Waals surface area contributed by atoms with Crippen LogP contribution in [0.3, 0.4) is 0 Å². The highest BCUT2D eigenvalue weighted by molar-refractivity contribution is 5.80. The fourth-order valence-electron chi connectivity index (χ4n) is 1.84. The van der Waals surface area contributed by atoms with E-state index in [-0.39, 0.29) is 5.91 Å². The van der Waals surface area contributed by atoms with E-state index in [1.54, 1.807) is 28.3 Å². The highest BCUT2D eigenvalue weighted by Crippen LogP contribution is 2.39. The molecule has 0 aliphatic heterocycles. The van der Waals surface area contributed by atoms with Gasteiger partial charge in [0.15, 0.2) is 11.5 Å². The first-order chi connectivity index (χ1) is 9.54. The van der Waals surface area contributed by atoms with Gasteiger partial charge in [0.1, 0.15) is 0 Å². The van der Waals surface area contributed by atoms with Crippen LogP contribution in [0.1, 0.15) is 12.5 Å². The number of hydrogen-bond acceptors (Lipinski definition) is 5. The molecule has 1 aromatic rings. The van der Waals surface area contributed by atoms with Crippen molar-refractivity contribution < 1.29 is 19.0 Å². The molecule has 0 aliphatic rings. The van der Waals surface area contributed by atoms with Gasteiger partial charge in [0, 0.05) is 12.1 Å². The van der Waals surface area contributed by atoms with E-state index in [0.29, 0.717) is 30.2 Å². The predicted molar refractivity (Wildman–Crippen MR) is 76.5 cm³/mol. The van der Waals surface area contributed by atoms with Crippen molar-refractivity contribution in [3.63, 3.8) is 0 Å². The minimum atomic E-state index is -0.512. The van der Waals surface area contributed by atoms with Crippen LogP contribution in [0.2, 0.25) is 0 Å². The number of methoxy groups -OCH3 is 3. The van der Waals surface area contributed by atoms with Crippen LogP contribution in [0.25, 0.3) is 0 Å². The summed E-state index contributed by atoms with van der Waals surface area (Å²) in [6.45, 7) is 2.12. The average molecular weight is 282 g/mol. The molecule has 20 heavy (non-hydrogen) atoms. The lowest BCUT2D eigenvalue weighted by atomic mass is 10.1. The first-order valence-corrected chi connectivity index (χ1v) is 6.36. The Kier molecular flexibility index (Phi) is 6.11. The summed E-state index contributed by atoms with van der Waals surface area (Å²) in [7, 11) is 4.70. The summed E-state index contributed by atoms with van der Waals surface area (Å²) in [5, 5.41) is 2.76. The van der Waals surface area contributed by atoms with Crippen LogP contribution in [0, 0.1) is 0 Å². The lowest BCUT2D eigenvalue weighted by Gasteiger charge is -2.16. The molecule has 0 heterocycles. The van der Waals surface area contributed by atoms with Crippen LogP contribution < -0.4 is 25.3 Å². The Morgan fingerprint density at radius 2 is 1.85 bits per heavy atom. The maximum Gasteiger partial charge on any atom is 0.236 e. The molecule has 6 nitrogen and oxygen atoms in total. The molecule has 1 aromatic carbocycles. The standard InChI is InChI=1S/C14H22N2O4/c1-9(15)14(17)16-8-7-10-5-6-11(18-2)13(20-4)12(10)19-3/h5-6,9H,7-8,15H2,1-4H3,(H,16,17)/t9-/m1/s1. The largest absolute Gasteiger partial charge is 0.493 e. The molecular weight excluding hydrogens is 260 g/mol. The maximum absolute atomic E-state index is 11.4. The number of amides is 1. The molecule has 6 heteroatoms. The third kappa shape index (κ3) is 3.77. The van der Waals surface area contributed by atoms with Crippen LogP contribution in [0.15, 0.2) is 12.1 Å². The fourth-order valence-corrected chi connectivity index (χ4v) is 1.84. The van der Waals surface area contributed by atoms with Crippen molar-refractivity contribution in [3.05, 3.63) is 17.7 Å². The van der Waals surface area contributed by atoms with Gasteiger partial charge in [-0.3, -0.25) is 4.79 Å². The van der Waals surface area contributed by atoms with Gasteiger partial charge < -0.3 is 25.3 Å². The molecule has 0 fully saturated rings. The quantitative estimate of drug-likeness (QED) is 0.770. The summed E-state index contributed by atoms with van der Waals surface area (Å²) in [6.07, 6.45) is 0.613. The number of nitrogens with one attached hydrogen (secondary N) is 1. The molecule has 0 radical (unpaired) electrons. The first-order valence-electron chi connectivity index (χ1n) is 6.36. The SMILES string of the molecule is COc1ccc(CCNC(=O)[C@@H](C)N)c(OC)c1OC. The minimum absolute atomic E-state index is 0.176. The van der Waals surface area contributed by atoms with Gasteiger partial charge in [0.2, 0.25) is 11.7 Å². The van der Waals surface area contributed by atoms with Crippen molar-refractivity contribution in [1.82, 2.24) is 5.32 Å². The number of nitrogens with two attached hydrogens (primary N) is 1. The Balaban J connectivity index is 2.82. The van der Waals surface area contributed by atoms with Gasteiger partial charge in [-0.1, -0.05) is 6.07 Å². The van der Waals surface area contributed by atoms with E-state index in [1.165, 1.54) is 0 Å². The molecular formula is C14H22N2O4. The van der Waals surface area contributed by atoms with Crippen molar-refractivity contribution in [2.45, 2.75) is 19.4 Å². The van der Waals surface area contributed by atoms with Gasteiger partial charge in [0.05, 0.1) is 27.4 Å². The van der Waals surface area contributed by atoms with Crippen molar-refractivity contribution in [3.8, 4) is 17.2 Å².